The number of hydrogen-bond donors (Lipinski definition) is 5. The minimum absolute atomic E-state index is 0. The first-order valence-electron chi connectivity index (χ1n) is 14.5. The smallest absolute Gasteiger partial charge is 0.307 e. The van der Waals surface area contributed by atoms with Crippen molar-refractivity contribution in [2.75, 3.05) is 39.3 Å². The van der Waals surface area contributed by atoms with Gasteiger partial charge in [-0.15, -0.1) is 0 Å². The molecule has 0 aliphatic rings. The summed E-state index contributed by atoms with van der Waals surface area (Å²) in [6, 6.07) is 20.5. The van der Waals surface area contributed by atoms with Crippen LogP contribution < -0.4 is 71.7 Å². The lowest BCUT2D eigenvalue weighted by Gasteiger charge is -2.20. The summed E-state index contributed by atoms with van der Waals surface area (Å²) in [6.07, 6.45) is 5.89. The highest BCUT2D eigenvalue weighted by Gasteiger charge is 2.28. The first-order valence-corrected chi connectivity index (χ1v) is 14.5. The molecule has 7 nitrogen and oxygen atoms in total. The monoisotopic (exact) mass is 676 g/mol. The lowest BCUT2D eigenvalue weighted by molar-refractivity contribution is -0.657. The fraction of sp³-hybridized carbons (Fsp3) is 0.438. The number of aliphatic carboxylic acids is 1. The molecule has 0 aromatic heterocycles. The Bertz CT molecular complexity index is 1190. The molecule has 0 bridgehead atoms. The molecular formula is C32H48Cl4N4O3. The second-order valence-corrected chi connectivity index (χ2v) is 10.6. The zero-order valence-corrected chi connectivity index (χ0v) is 27.9. The number of aldehydes is 1. The Kier molecular flexibility index (Phi) is 24.5. The van der Waals surface area contributed by atoms with Crippen molar-refractivity contribution in [1.82, 2.24) is 0 Å². The minimum Gasteiger partial charge on any atom is -1.00 e. The minimum atomic E-state index is -0.924. The summed E-state index contributed by atoms with van der Waals surface area (Å²) < 4.78 is 0. The maximum Gasteiger partial charge on any atom is 0.307 e. The van der Waals surface area contributed by atoms with Crippen molar-refractivity contribution < 1.29 is 86.4 Å². The van der Waals surface area contributed by atoms with Crippen molar-refractivity contribution in [1.29, 1.82) is 0 Å². The third-order valence-corrected chi connectivity index (χ3v) is 7.55. The Morgan fingerprint density at radius 2 is 1.28 bits per heavy atom. The Hall–Kier alpha value is -1.94. The van der Waals surface area contributed by atoms with Crippen LogP contribution in [0.25, 0.3) is 10.8 Å². The van der Waals surface area contributed by atoms with Crippen LogP contribution in [-0.2, 0) is 35.3 Å². The van der Waals surface area contributed by atoms with Gasteiger partial charge in [-0.05, 0) is 45.9 Å². The Balaban J connectivity index is 0. The van der Waals surface area contributed by atoms with E-state index in [0.29, 0.717) is 12.8 Å². The van der Waals surface area contributed by atoms with Crippen LogP contribution in [0.5, 0.6) is 0 Å². The van der Waals surface area contributed by atoms with Gasteiger partial charge in [-0.3, -0.25) is 4.79 Å². The van der Waals surface area contributed by atoms with E-state index in [2.05, 4.69) is 46.4 Å². The van der Waals surface area contributed by atoms with E-state index in [4.69, 9.17) is 0 Å². The van der Waals surface area contributed by atoms with E-state index in [9.17, 15) is 14.7 Å². The van der Waals surface area contributed by atoms with E-state index in [-0.39, 0.29) is 49.6 Å². The fourth-order valence-corrected chi connectivity index (χ4v) is 5.26. The lowest BCUT2D eigenvalue weighted by atomic mass is 9.83. The predicted molar refractivity (Wildman–Crippen MR) is 154 cm³/mol. The van der Waals surface area contributed by atoms with Crippen LogP contribution in [0.4, 0.5) is 0 Å². The molecule has 3 aromatic carbocycles. The largest absolute Gasteiger partial charge is 1.00 e. The summed E-state index contributed by atoms with van der Waals surface area (Å²) in [5.74, 6) is -2.27. The molecule has 0 unspecified atom stereocenters. The second kappa shape index (κ2) is 24.4. The molecule has 11 heteroatoms. The number of rotatable bonds is 19. The number of carbonyl (C=O) groups excluding carboxylic acids is 1. The zero-order chi connectivity index (χ0) is 27.9. The van der Waals surface area contributed by atoms with Crippen molar-refractivity contribution in [3.05, 3.63) is 82.9 Å². The summed E-state index contributed by atoms with van der Waals surface area (Å²) in [5.41, 5.74) is 12.6. The molecule has 0 saturated carbocycles. The van der Waals surface area contributed by atoms with Crippen LogP contribution in [0.3, 0.4) is 0 Å². The first-order chi connectivity index (χ1) is 19.0. The fourth-order valence-electron chi connectivity index (χ4n) is 5.26. The van der Waals surface area contributed by atoms with Gasteiger partial charge in [0.2, 0.25) is 0 Å². The van der Waals surface area contributed by atoms with Crippen LogP contribution in [0, 0.1) is 11.8 Å². The molecule has 3 rings (SSSR count). The Labute approximate surface area is 281 Å². The summed E-state index contributed by atoms with van der Waals surface area (Å²) in [4.78, 5) is 24.2. The summed E-state index contributed by atoms with van der Waals surface area (Å²) in [6.45, 7) is 6.28. The van der Waals surface area contributed by atoms with Crippen LogP contribution in [0.2, 0.25) is 0 Å². The van der Waals surface area contributed by atoms with Gasteiger partial charge in [-0.25, -0.2) is 0 Å². The first kappa shape index (κ1) is 43.2. The van der Waals surface area contributed by atoms with Gasteiger partial charge in [0.25, 0.3) is 0 Å². The van der Waals surface area contributed by atoms with Crippen molar-refractivity contribution in [3.63, 3.8) is 0 Å². The maximum atomic E-state index is 12.2. The highest BCUT2D eigenvalue weighted by molar-refractivity contribution is 5.85. The van der Waals surface area contributed by atoms with Crippen molar-refractivity contribution in [2.45, 2.75) is 38.5 Å². The number of carboxylic acids is 1. The van der Waals surface area contributed by atoms with Crippen molar-refractivity contribution in [2.24, 2.45) is 11.8 Å². The van der Waals surface area contributed by atoms with Gasteiger partial charge >= 0.3 is 5.97 Å². The van der Waals surface area contributed by atoms with Crippen molar-refractivity contribution >= 4 is 23.0 Å². The van der Waals surface area contributed by atoms with Crippen LogP contribution >= 0.6 is 0 Å². The highest BCUT2D eigenvalue weighted by Crippen LogP contribution is 2.26. The van der Waals surface area contributed by atoms with Gasteiger partial charge in [0.15, 0.2) is 0 Å². The maximum absolute atomic E-state index is 12.2. The number of carboxylic acid groups (broad SMARTS) is 1. The average molecular weight is 679 g/mol. The highest BCUT2D eigenvalue weighted by atomic mass is 35.5. The zero-order valence-electron chi connectivity index (χ0n) is 24.8. The SMILES string of the molecule is [Cl-].[Cl-].[Cl-].[Cl-].[NH3+]CCC[NH2+]CCc1cc2ccc(C[C@H](C(=O)O)[C@@H](C=O)Cc3ccccc3)cc2cc1CC[NH2+]CCC[NH3+]. The molecule has 43 heavy (non-hydrogen) atoms. The normalized spacial score (nSPS) is 11.7. The third kappa shape index (κ3) is 14.6. The van der Waals surface area contributed by atoms with Gasteiger partial charge in [0.05, 0.1) is 45.2 Å². The van der Waals surface area contributed by atoms with E-state index in [1.165, 1.54) is 16.5 Å². The van der Waals surface area contributed by atoms with E-state index in [1.54, 1.807) is 0 Å². The molecule has 0 aliphatic heterocycles. The van der Waals surface area contributed by atoms with Crippen LogP contribution in [0.15, 0.2) is 60.7 Å². The molecule has 0 radical (unpaired) electrons. The van der Waals surface area contributed by atoms with Crippen LogP contribution in [-0.4, -0.2) is 56.6 Å². The molecule has 0 heterocycles. The van der Waals surface area contributed by atoms with Crippen molar-refractivity contribution in [3.8, 4) is 0 Å². The molecule has 0 amide bonds. The van der Waals surface area contributed by atoms with Gasteiger partial charge in [-0.2, -0.15) is 0 Å². The Morgan fingerprint density at radius 1 is 0.721 bits per heavy atom. The predicted octanol–water partition coefficient (Wildman–Crippen LogP) is -12.4. The number of halogens is 4. The molecule has 0 aliphatic carbocycles. The number of nitrogens with two attached hydrogens (primary N) is 2. The molecular weight excluding hydrogens is 630 g/mol. The average Bonchev–Trinajstić information content (AvgIpc) is 2.95. The van der Waals surface area contributed by atoms with E-state index in [0.717, 1.165) is 87.8 Å². The molecule has 11 N–H and O–H groups in total. The lowest BCUT2D eigenvalue weighted by Crippen LogP contribution is -3.00. The standard InChI is InChI=1S/C32H44N4O3.4ClH/c33-12-4-14-35-16-10-27-21-26-9-8-25(19-29(26)22-28(27)11-17-36-15-5-13-34)20-31(32(38)39)30(23-37)18-24-6-2-1-3-7-24;;;;/h1-3,6-9,19,21-23,30-31,35-36H,4-5,10-18,20,33-34H2,(H,38,39);4*1H/t30-,31+;;;;/m1..../s1. The van der Waals surface area contributed by atoms with Gasteiger partial charge in [-0.1, -0.05) is 60.7 Å². The molecule has 0 fully saturated rings. The van der Waals surface area contributed by atoms with Gasteiger partial charge < -0.3 is 81.6 Å². The molecule has 0 spiro atoms. The number of hydrogen-bond acceptors (Lipinski definition) is 2. The number of quaternary nitrogens is 4. The second-order valence-electron chi connectivity index (χ2n) is 10.6. The van der Waals surface area contributed by atoms with E-state index >= 15 is 0 Å². The summed E-state index contributed by atoms with van der Waals surface area (Å²) in [7, 11) is 0. The molecule has 3 aromatic rings. The van der Waals surface area contributed by atoms with Gasteiger partial charge in [0, 0.05) is 31.6 Å². The van der Waals surface area contributed by atoms with Crippen LogP contribution in [0.1, 0.15) is 35.1 Å². The summed E-state index contributed by atoms with van der Waals surface area (Å²) in [5, 5.41) is 17.1. The third-order valence-electron chi connectivity index (χ3n) is 7.55. The van der Waals surface area contributed by atoms with E-state index in [1.807, 2.05) is 36.4 Å². The topological polar surface area (TPSA) is 143 Å². The molecule has 0 saturated heterocycles. The number of carbonyl (C=O) groups is 2. The molecule has 242 valence electrons. The summed E-state index contributed by atoms with van der Waals surface area (Å²) >= 11 is 0. The Morgan fingerprint density at radius 3 is 1.79 bits per heavy atom. The number of benzene rings is 3. The number of fused-ring (bicyclic) bond motifs is 1. The van der Waals surface area contributed by atoms with E-state index < -0.39 is 17.8 Å². The quantitative estimate of drug-likeness (QED) is 0.0636. The molecule has 2 atom stereocenters. The van der Waals surface area contributed by atoms with Gasteiger partial charge in [0.1, 0.15) is 6.29 Å².